The van der Waals surface area contributed by atoms with Crippen molar-refractivity contribution in [1.29, 1.82) is 0 Å². The molecule has 1 saturated heterocycles. The predicted molar refractivity (Wildman–Crippen MR) is 76.4 cm³/mol. The Labute approximate surface area is 131 Å². The first-order valence-electron chi connectivity index (χ1n) is 6.21. The van der Waals surface area contributed by atoms with E-state index in [1.54, 1.807) is 18.3 Å². The van der Waals surface area contributed by atoms with Crippen LogP contribution in [-0.2, 0) is 13.8 Å². The van der Waals surface area contributed by atoms with Crippen LogP contribution in [0, 0.1) is 0 Å². The van der Waals surface area contributed by atoms with Gasteiger partial charge >= 0.3 is 7.82 Å². The topological polar surface area (TPSA) is 146 Å². The number of aliphatic hydroxyl groups excluding tert-OH is 2. The zero-order valence-corrected chi connectivity index (χ0v) is 12.9. The van der Waals surface area contributed by atoms with Crippen LogP contribution in [0.15, 0.2) is 24.5 Å². The van der Waals surface area contributed by atoms with Crippen LogP contribution >= 0.6 is 20.0 Å². The Morgan fingerprint density at radius 3 is 2.73 bits per heavy atom. The Morgan fingerprint density at radius 1 is 1.45 bits per heavy atom. The fourth-order valence-electron chi connectivity index (χ4n) is 2.08. The molecule has 1 aliphatic heterocycles. The Bertz CT molecular complexity index is 610. The number of aromatic nitrogens is 1. The molecule has 1 fully saturated rings. The SMILES string of the molecule is NC(=S)c1ccc[n+]([C@@H]2O[C@H](COP(=O)(O)O)[C@@H](O)[C@H]2O)c1. The van der Waals surface area contributed by atoms with E-state index in [1.807, 2.05) is 0 Å². The van der Waals surface area contributed by atoms with Crippen molar-refractivity contribution in [2.45, 2.75) is 24.5 Å². The highest BCUT2D eigenvalue weighted by Crippen LogP contribution is 2.37. The lowest BCUT2D eigenvalue weighted by Crippen LogP contribution is -2.46. The smallest absolute Gasteiger partial charge is 0.389 e. The summed E-state index contributed by atoms with van der Waals surface area (Å²) in [5.41, 5.74) is 6.06. The molecule has 122 valence electrons. The Hall–Kier alpha value is -0.970. The van der Waals surface area contributed by atoms with Gasteiger partial charge in [-0.2, -0.15) is 4.57 Å². The Kier molecular flexibility index (Phi) is 5.25. The number of nitrogens with zero attached hydrogens (tertiary/aromatic N) is 1. The monoisotopic (exact) mass is 351 g/mol. The highest BCUT2D eigenvalue weighted by atomic mass is 32.1. The zero-order chi connectivity index (χ0) is 16.5. The molecule has 4 atom stereocenters. The van der Waals surface area contributed by atoms with Crippen LogP contribution in [0.1, 0.15) is 11.8 Å². The number of phosphoric ester groups is 1. The molecule has 0 amide bonds. The molecular weight excluding hydrogens is 335 g/mol. The number of nitrogens with two attached hydrogens (primary N) is 1. The normalized spacial score (nSPS) is 28.7. The molecule has 22 heavy (non-hydrogen) atoms. The third kappa shape index (κ3) is 4.06. The molecule has 1 aliphatic rings. The van der Waals surface area contributed by atoms with Crippen molar-refractivity contribution >= 4 is 25.0 Å². The lowest BCUT2D eigenvalue weighted by molar-refractivity contribution is -0.765. The summed E-state index contributed by atoms with van der Waals surface area (Å²) in [5, 5.41) is 19.9. The van der Waals surface area contributed by atoms with E-state index in [0.717, 1.165) is 0 Å². The fraction of sp³-hybridized carbons (Fsp3) is 0.455. The first-order valence-corrected chi connectivity index (χ1v) is 8.15. The van der Waals surface area contributed by atoms with Gasteiger partial charge < -0.3 is 30.5 Å². The summed E-state index contributed by atoms with van der Waals surface area (Å²) in [6, 6.07) is 3.31. The summed E-state index contributed by atoms with van der Waals surface area (Å²) in [5.74, 6) is 0. The summed E-state index contributed by atoms with van der Waals surface area (Å²) in [6.07, 6.45) is -1.61. The van der Waals surface area contributed by atoms with Crippen LogP contribution in [0.3, 0.4) is 0 Å². The number of pyridine rings is 1. The molecule has 0 unspecified atom stereocenters. The van der Waals surface area contributed by atoms with E-state index < -0.39 is 39.0 Å². The molecule has 2 rings (SSSR count). The lowest BCUT2D eigenvalue weighted by Gasteiger charge is -2.13. The van der Waals surface area contributed by atoms with E-state index in [9.17, 15) is 14.8 Å². The molecule has 1 aromatic rings. The van der Waals surface area contributed by atoms with Crippen LogP contribution in [0.25, 0.3) is 0 Å². The van der Waals surface area contributed by atoms with Gasteiger partial charge in [-0.15, -0.1) is 0 Å². The maximum Gasteiger partial charge on any atom is 0.469 e. The number of thiocarbonyl (C=S) groups is 1. The molecule has 6 N–H and O–H groups in total. The van der Waals surface area contributed by atoms with Gasteiger partial charge in [-0.25, -0.2) is 4.57 Å². The number of hydrogen-bond donors (Lipinski definition) is 5. The average molecular weight is 351 g/mol. The fourth-order valence-corrected chi connectivity index (χ4v) is 2.54. The maximum absolute atomic E-state index is 10.7. The Morgan fingerprint density at radius 2 is 2.14 bits per heavy atom. The second-order valence-corrected chi connectivity index (χ2v) is 6.42. The van der Waals surface area contributed by atoms with Crippen LogP contribution in [-0.4, -0.2) is 49.9 Å². The van der Waals surface area contributed by atoms with Crippen molar-refractivity contribution in [2.75, 3.05) is 6.61 Å². The van der Waals surface area contributed by atoms with Crippen LogP contribution in [0.5, 0.6) is 0 Å². The molecule has 0 radical (unpaired) electrons. The third-order valence-electron chi connectivity index (χ3n) is 3.14. The minimum absolute atomic E-state index is 0.156. The van der Waals surface area contributed by atoms with Crippen molar-refractivity contribution in [3.8, 4) is 0 Å². The Balaban J connectivity index is 2.14. The first kappa shape index (κ1) is 17.4. The number of phosphoric acid groups is 1. The van der Waals surface area contributed by atoms with E-state index in [2.05, 4.69) is 4.52 Å². The summed E-state index contributed by atoms with van der Waals surface area (Å²) < 4.78 is 21.9. The quantitative estimate of drug-likeness (QED) is 0.239. The number of aliphatic hydroxyl groups is 2. The van der Waals surface area contributed by atoms with Gasteiger partial charge in [0.15, 0.2) is 18.5 Å². The van der Waals surface area contributed by atoms with Gasteiger partial charge in [0, 0.05) is 6.07 Å². The summed E-state index contributed by atoms with van der Waals surface area (Å²) in [4.78, 5) is 17.5. The molecule has 1 aromatic heterocycles. The van der Waals surface area contributed by atoms with Crippen molar-refractivity contribution < 1.29 is 38.4 Å². The summed E-state index contributed by atoms with van der Waals surface area (Å²) >= 11 is 4.86. The molecule has 9 nitrogen and oxygen atoms in total. The van der Waals surface area contributed by atoms with Gasteiger partial charge in [0.1, 0.15) is 17.2 Å². The lowest BCUT2D eigenvalue weighted by atomic mass is 10.1. The largest absolute Gasteiger partial charge is 0.469 e. The van der Waals surface area contributed by atoms with E-state index in [4.69, 9.17) is 32.5 Å². The van der Waals surface area contributed by atoms with E-state index in [1.165, 1.54) is 10.8 Å². The predicted octanol–water partition coefficient (Wildman–Crippen LogP) is -1.66. The minimum Gasteiger partial charge on any atom is -0.389 e. The average Bonchev–Trinajstić information content (AvgIpc) is 2.72. The zero-order valence-electron chi connectivity index (χ0n) is 11.2. The second-order valence-electron chi connectivity index (χ2n) is 4.74. The van der Waals surface area contributed by atoms with Gasteiger partial charge in [-0.05, 0) is 6.07 Å². The minimum atomic E-state index is -4.69. The molecule has 0 saturated carbocycles. The first-order chi connectivity index (χ1) is 10.2. The highest BCUT2D eigenvalue weighted by molar-refractivity contribution is 7.80. The van der Waals surface area contributed by atoms with Crippen molar-refractivity contribution in [3.63, 3.8) is 0 Å². The number of rotatable bonds is 5. The number of ether oxygens (including phenoxy) is 1. The second kappa shape index (κ2) is 6.65. The third-order valence-corrected chi connectivity index (χ3v) is 3.87. The van der Waals surface area contributed by atoms with E-state index >= 15 is 0 Å². The van der Waals surface area contributed by atoms with Crippen molar-refractivity contribution in [1.82, 2.24) is 0 Å². The van der Waals surface area contributed by atoms with Gasteiger partial charge in [0.25, 0.3) is 6.23 Å². The van der Waals surface area contributed by atoms with Gasteiger partial charge in [0.05, 0.1) is 12.2 Å². The maximum atomic E-state index is 10.7. The molecule has 0 aromatic carbocycles. The molecular formula is C11H16N2O7PS+. The standard InChI is InChI=1S/C11H15N2O7PS/c12-10(22)6-2-1-3-13(4-6)11-9(15)8(14)7(20-11)5-19-21(16,17)18/h1-4,7-9,11,14-15H,5H2,(H3-,12,16,17,18,22)/p+1/t7-,8-,9-,11-/m1/s1. The van der Waals surface area contributed by atoms with Crippen molar-refractivity contribution in [3.05, 3.63) is 30.1 Å². The van der Waals surface area contributed by atoms with E-state index in [-0.39, 0.29) is 4.99 Å². The van der Waals surface area contributed by atoms with Crippen molar-refractivity contribution in [2.24, 2.45) is 5.73 Å². The van der Waals surface area contributed by atoms with Crippen LogP contribution in [0.2, 0.25) is 0 Å². The van der Waals surface area contributed by atoms with Gasteiger partial charge in [0.2, 0.25) is 0 Å². The van der Waals surface area contributed by atoms with E-state index in [0.29, 0.717) is 5.56 Å². The highest BCUT2D eigenvalue weighted by Gasteiger charge is 2.48. The van der Waals surface area contributed by atoms with Crippen LogP contribution in [0.4, 0.5) is 0 Å². The van der Waals surface area contributed by atoms with Gasteiger partial charge in [-0.1, -0.05) is 12.2 Å². The molecule has 11 heteroatoms. The molecule has 0 bridgehead atoms. The molecule has 0 spiro atoms. The summed E-state index contributed by atoms with van der Waals surface area (Å²) in [7, 11) is -4.69. The molecule has 2 heterocycles. The van der Waals surface area contributed by atoms with Gasteiger partial charge in [-0.3, -0.25) is 4.52 Å². The number of hydrogen-bond acceptors (Lipinski definition) is 6. The molecule has 0 aliphatic carbocycles. The summed E-state index contributed by atoms with van der Waals surface area (Å²) in [6.45, 7) is -0.561. The van der Waals surface area contributed by atoms with Crippen LogP contribution < -0.4 is 10.3 Å².